The minimum absolute atomic E-state index is 0.129. The van der Waals surface area contributed by atoms with Crippen molar-refractivity contribution in [2.75, 3.05) is 19.7 Å². The average Bonchev–Trinajstić information content (AvgIpc) is 2.53. The van der Waals surface area contributed by atoms with Gasteiger partial charge in [0.2, 0.25) is 0 Å². The number of esters is 1. The van der Waals surface area contributed by atoms with Gasteiger partial charge in [-0.2, -0.15) is 0 Å². The summed E-state index contributed by atoms with van der Waals surface area (Å²) in [6.45, 7) is 11.4. The van der Waals surface area contributed by atoms with Crippen molar-refractivity contribution in [1.82, 2.24) is 5.32 Å². The summed E-state index contributed by atoms with van der Waals surface area (Å²) in [6, 6.07) is 8.05. The monoisotopic (exact) mass is 317 g/mol. The lowest BCUT2D eigenvalue weighted by atomic mass is 9.87. The van der Waals surface area contributed by atoms with Gasteiger partial charge >= 0.3 is 5.97 Å². The largest absolute Gasteiger partial charge is 0.490 e. The van der Waals surface area contributed by atoms with Crippen LogP contribution in [0.4, 0.5) is 0 Å². The molecule has 0 bridgehead atoms. The molecular formula is C19H27NO3. The second-order valence-corrected chi connectivity index (χ2v) is 6.96. The van der Waals surface area contributed by atoms with E-state index in [0.29, 0.717) is 13.2 Å². The molecule has 1 aromatic carbocycles. The lowest BCUT2D eigenvalue weighted by Crippen LogP contribution is -2.43. The first-order chi connectivity index (χ1) is 10.9. The van der Waals surface area contributed by atoms with Crippen LogP contribution in [-0.4, -0.2) is 31.8 Å². The molecular weight excluding hydrogens is 290 g/mol. The fourth-order valence-corrected chi connectivity index (χ4v) is 2.62. The average molecular weight is 317 g/mol. The van der Waals surface area contributed by atoms with Gasteiger partial charge < -0.3 is 14.8 Å². The van der Waals surface area contributed by atoms with E-state index >= 15 is 0 Å². The minimum Gasteiger partial charge on any atom is -0.490 e. The molecule has 4 heteroatoms. The molecule has 0 amide bonds. The highest BCUT2D eigenvalue weighted by Gasteiger charge is 2.33. The van der Waals surface area contributed by atoms with Crippen LogP contribution in [0.3, 0.4) is 0 Å². The van der Waals surface area contributed by atoms with E-state index in [9.17, 15) is 4.79 Å². The highest BCUT2D eigenvalue weighted by atomic mass is 16.5. The van der Waals surface area contributed by atoms with E-state index < -0.39 is 5.41 Å². The van der Waals surface area contributed by atoms with Gasteiger partial charge in [0.15, 0.2) is 0 Å². The maximum absolute atomic E-state index is 12.2. The Balaban J connectivity index is 2.08. The smallest absolute Gasteiger partial charge is 0.311 e. The van der Waals surface area contributed by atoms with Gasteiger partial charge in [0, 0.05) is 12.5 Å². The van der Waals surface area contributed by atoms with Crippen molar-refractivity contribution >= 4 is 5.97 Å². The molecule has 126 valence electrons. The Labute approximate surface area is 138 Å². The zero-order valence-corrected chi connectivity index (χ0v) is 14.3. The molecule has 1 heterocycles. The number of carbonyl (C=O) groups excluding carboxylic acids is 1. The molecule has 0 saturated carbocycles. The number of piperidine rings is 1. The van der Waals surface area contributed by atoms with Crippen LogP contribution in [0.1, 0.15) is 38.7 Å². The van der Waals surface area contributed by atoms with Crippen molar-refractivity contribution in [3.63, 3.8) is 0 Å². The van der Waals surface area contributed by atoms with Gasteiger partial charge in [-0.25, -0.2) is 0 Å². The van der Waals surface area contributed by atoms with Crippen LogP contribution in [0.2, 0.25) is 0 Å². The first kappa shape index (κ1) is 17.5. The van der Waals surface area contributed by atoms with Gasteiger partial charge in [-0.15, -0.1) is 0 Å². The van der Waals surface area contributed by atoms with E-state index in [1.165, 1.54) is 5.56 Å². The summed E-state index contributed by atoms with van der Waals surface area (Å²) in [5, 5.41) is 3.32. The van der Waals surface area contributed by atoms with Gasteiger partial charge in [0.05, 0.1) is 5.41 Å². The molecule has 1 fully saturated rings. The molecule has 2 atom stereocenters. The maximum Gasteiger partial charge on any atom is 0.311 e. The van der Waals surface area contributed by atoms with Gasteiger partial charge in [-0.3, -0.25) is 4.79 Å². The molecule has 1 saturated heterocycles. The normalized spacial score (nSPS) is 21.5. The summed E-state index contributed by atoms with van der Waals surface area (Å²) < 4.78 is 11.3. The number of nitrogens with one attached hydrogen (secondary N) is 1. The number of rotatable bonds is 5. The molecule has 4 nitrogen and oxygen atoms in total. The number of ether oxygens (including phenoxy) is 2. The van der Waals surface area contributed by atoms with Crippen LogP contribution in [0.5, 0.6) is 5.75 Å². The van der Waals surface area contributed by atoms with Crippen molar-refractivity contribution in [3.05, 3.63) is 42.5 Å². The number of hydrogen-bond donors (Lipinski definition) is 1. The third-order valence-corrected chi connectivity index (χ3v) is 3.97. The summed E-state index contributed by atoms with van der Waals surface area (Å²) >= 11 is 0. The zero-order chi connectivity index (χ0) is 16.9. The predicted octanol–water partition coefficient (Wildman–Crippen LogP) is 3.29. The van der Waals surface area contributed by atoms with Crippen LogP contribution in [-0.2, 0) is 9.53 Å². The Hall–Kier alpha value is -1.81. The standard InChI is InChI=1S/C19H27NO3/c1-5-12-22-15-8-6-14(7-9-15)16-10-11-20-13-17(16)23-18(21)19(2,3)4/h5-9,16-17,20H,1,10-13H2,2-4H3. The fraction of sp³-hybridized carbons (Fsp3) is 0.526. The van der Waals surface area contributed by atoms with Gasteiger partial charge in [-0.1, -0.05) is 24.8 Å². The SMILES string of the molecule is C=CCOc1ccc(C2CCNCC2OC(=O)C(C)(C)C)cc1. The van der Waals surface area contributed by atoms with Crippen LogP contribution in [0.15, 0.2) is 36.9 Å². The highest BCUT2D eigenvalue weighted by molar-refractivity contribution is 5.75. The summed E-state index contributed by atoms with van der Waals surface area (Å²) in [5.74, 6) is 0.893. The molecule has 1 aromatic rings. The van der Waals surface area contributed by atoms with Crippen LogP contribution < -0.4 is 10.1 Å². The first-order valence-corrected chi connectivity index (χ1v) is 8.17. The zero-order valence-electron chi connectivity index (χ0n) is 14.3. The lowest BCUT2D eigenvalue weighted by molar-refractivity contribution is -0.160. The van der Waals surface area contributed by atoms with E-state index in [4.69, 9.17) is 9.47 Å². The second kappa shape index (κ2) is 7.64. The summed E-state index contributed by atoms with van der Waals surface area (Å²) in [5.41, 5.74) is 0.703. The molecule has 0 aromatic heterocycles. The molecule has 2 unspecified atom stereocenters. The van der Waals surface area contributed by atoms with Crippen LogP contribution in [0.25, 0.3) is 0 Å². The topological polar surface area (TPSA) is 47.6 Å². The van der Waals surface area contributed by atoms with E-state index in [2.05, 4.69) is 24.0 Å². The highest BCUT2D eigenvalue weighted by Crippen LogP contribution is 2.30. The Morgan fingerprint density at radius 1 is 1.35 bits per heavy atom. The molecule has 1 aliphatic heterocycles. The number of hydrogen-bond acceptors (Lipinski definition) is 4. The first-order valence-electron chi connectivity index (χ1n) is 8.17. The fourth-order valence-electron chi connectivity index (χ4n) is 2.62. The predicted molar refractivity (Wildman–Crippen MR) is 91.7 cm³/mol. The van der Waals surface area contributed by atoms with Crippen LogP contribution >= 0.6 is 0 Å². The summed E-state index contributed by atoms with van der Waals surface area (Å²) in [6.07, 6.45) is 2.55. The quantitative estimate of drug-likeness (QED) is 0.669. The second-order valence-electron chi connectivity index (χ2n) is 6.96. The lowest BCUT2D eigenvalue weighted by Gasteiger charge is -2.34. The van der Waals surface area contributed by atoms with Crippen molar-refractivity contribution in [1.29, 1.82) is 0 Å². The van der Waals surface area contributed by atoms with E-state index in [-0.39, 0.29) is 18.0 Å². The van der Waals surface area contributed by atoms with Crippen molar-refractivity contribution in [2.45, 2.75) is 39.2 Å². The molecule has 2 rings (SSSR count). The molecule has 1 N–H and O–H groups in total. The molecule has 0 aliphatic carbocycles. The third-order valence-electron chi connectivity index (χ3n) is 3.97. The Kier molecular flexibility index (Phi) is 5.83. The number of carbonyl (C=O) groups is 1. The Morgan fingerprint density at radius 3 is 2.65 bits per heavy atom. The van der Waals surface area contributed by atoms with Crippen molar-refractivity contribution in [2.24, 2.45) is 5.41 Å². The summed E-state index contributed by atoms with van der Waals surface area (Å²) in [7, 11) is 0. The Bertz CT molecular complexity index is 531. The Morgan fingerprint density at radius 2 is 2.04 bits per heavy atom. The van der Waals surface area contributed by atoms with Gasteiger partial charge in [0.25, 0.3) is 0 Å². The summed E-state index contributed by atoms with van der Waals surface area (Å²) in [4.78, 5) is 12.2. The van der Waals surface area contributed by atoms with Gasteiger partial charge in [0.1, 0.15) is 18.5 Å². The third kappa shape index (κ3) is 4.83. The van der Waals surface area contributed by atoms with Crippen molar-refractivity contribution < 1.29 is 14.3 Å². The molecule has 1 aliphatic rings. The maximum atomic E-state index is 12.2. The molecule has 0 radical (unpaired) electrons. The van der Waals surface area contributed by atoms with E-state index in [1.807, 2.05) is 32.9 Å². The van der Waals surface area contributed by atoms with Gasteiger partial charge in [-0.05, 0) is 51.4 Å². The van der Waals surface area contributed by atoms with E-state index in [1.54, 1.807) is 6.08 Å². The van der Waals surface area contributed by atoms with E-state index in [0.717, 1.165) is 18.7 Å². The van der Waals surface area contributed by atoms with Crippen molar-refractivity contribution in [3.8, 4) is 5.75 Å². The number of benzene rings is 1. The van der Waals surface area contributed by atoms with Crippen LogP contribution in [0, 0.1) is 5.41 Å². The minimum atomic E-state index is -0.482. The molecule has 0 spiro atoms. The molecule has 23 heavy (non-hydrogen) atoms.